The third-order valence-corrected chi connectivity index (χ3v) is 4.39. The van der Waals surface area contributed by atoms with E-state index in [9.17, 15) is 9.50 Å². The van der Waals surface area contributed by atoms with Gasteiger partial charge in [0.15, 0.2) is 11.5 Å². The Balaban J connectivity index is 2.12. The lowest BCUT2D eigenvalue weighted by atomic mass is 9.91. The van der Waals surface area contributed by atoms with Gasteiger partial charge < -0.3 is 14.6 Å². The second-order valence-corrected chi connectivity index (χ2v) is 5.84. The van der Waals surface area contributed by atoms with Crippen molar-refractivity contribution in [3.63, 3.8) is 0 Å². The van der Waals surface area contributed by atoms with E-state index < -0.39 is 11.9 Å². The first-order chi connectivity index (χ1) is 10.2. The van der Waals surface area contributed by atoms with Crippen LogP contribution < -0.4 is 9.47 Å². The van der Waals surface area contributed by atoms with E-state index in [1.54, 1.807) is 6.07 Å². The Morgan fingerprint density at radius 2 is 1.67 bits per heavy atom. The standard InChI is InChI=1S/C17H25FO3/c1-20-16-10-13(14(18)11-17(16)21-2)15(19)9-12-7-5-3-4-6-8-12/h10-12,15,19H,3-9H2,1-2H3. The first kappa shape index (κ1) is 16.1. The summed E-state index contributed by atoms with van der Waals surface area (Å²) in [6, 6.07) is 2.83. The molecule has 21 heavy (non-hydrogen) atoms. The Kier molecular flexibility index (Phi) is 5.85. The molecule has 1 N–H and O–H groups in total. The summed E-state index contributed by atoms with van der Waals surface area (Å²) in [5.74, 6) is 0.845. The van der Waals surface area contributed by atoms with Crippen molar-refractivity contribution in [2.45, 2.75) is 51.0 Å². The minimum atomic E-state index is -0.784. The van der Waals surface area contributed by atoms with Crippen LogP contribution in [-0.2, 0) is 0 Å². The van der Waals surface area contributed by atoms with Crippen LogP contribution in [-0.4, -0.2) is 19.3 Å². The molecule has 1 fully saturated rings. The molecule has 3 nitrogen and oxygen atoms in total. The molecule has 0 aromatic heterocycles. The molecular formula is C17H25FO3. The lowest BCUT2D eigenvalue weighted by Crippen LogP contribution is -2.09. The summed E-state index contributed by atoms with van der Waals surface area (Å²) >= 11 is 0. The van der Waals surface area contributed by atoms with Crippen LogP contribution >= 0.6 is 0 Å². The van der Waals surface area contributed by atoms with Gasteiger partial charge >= 0.3 is 0 Å². The highest BCUT2D eigenvalue weighted by Crippen LogP contribution is 2.36. The van der Waals surface area contributed by atoms with Crippen LogP contribution in [0.2, 0.25) is 0 Å². The van der Waals surface area contributed by atoms with Crippen molar-refractivity contribution in [2.24, 2.45) is 5.92 Å². The predicted octanol–water partition coefficient (Wildman–Crippen LogP) is 4.24. The molecule has 1 aliphatic carbocycles. The van der Waals surface area contributed by atoms with E-state index in [1.165, 1.54) is 46.0 Å². The maximum atomic E-state index is 14.1. The molecule has 0 bridgehead atoms. The summed E-state index contributed by atoms with van der Waals surface area (Å²) in [6.07, 6.45) is 7.07. The van der Waals surface area contributed by atoms with Gasteiger partial charge in [-0.25, -0.2) is 4.39 Å². The van der Waals surface area contributed by atoms with Gasteiger partial charge in [-0.05, 0) is 18.4 Å². The highest BCUT2D eigenvalue weighted by atomic mass is 19.1. The molecule has 1 saturated carbocycles. The van der Waals surface area contributed by atoms with Gasteiger partial charge in [-0.2, -0.15) is 0 Å². The molecule has 0 amide bonds. The third kappa shape index (κ3) is 4.10. The molecule has 1 unspecified atom stereocenters. The highest BCUT2D eigenvalue weighted by molar-refractivity contribution is 5.44. The van der Waals surface area contributed by atoms with E-state index in [-0.39, 0.29) is 0 Å². The Hall–Kier alpha value is -1.29. The van der Waals surface area contributed by atoms with Gasteiger partial charge in [0.25, 0.3) is 0 Å². The highest BCUT2D eigenvalue weighted by Gasteiger charge is 2.22. The van der Waals surface area contributed by atoms with Crippen molar-refractivity contribution in [2.75, 3.05) is 14.2 Å². The van der Waals surface area contributed by atoms with Gasteiger partial charge in [0, 0.05) is 11.6 Å². The summed E-state index contributed by atoms with van der Waals surface area (Å²) in [6.45, 7) is 0. The molecule has 1 atom stereocenters. The zero-order chi connectivity index (χ0) is 15.2. The molecule has 0 spiro atoms. The largest absolute Gasteiger partial charge is 0.493 e. The summed E-state index contributed by atoms with van der Waals surface area (Å²) in [7, 11) is 2.98. The topological polar surface area (TPSA) is 38.7 Å². The predicted molar refractivity (Wildman–Crippen MR) is 80.3 cm³/mol. The number of benzene rings is 1. The second-order valence-electron chi connectivity index (χ2n) is 5.84. The average Bonchev–Trinajstić information content (AvgIpc) is 2.75. The molecule has 4 heteroatoms. The molecule has 0 heterocycles. The summed E-state index contributed by atoms with van der Waals surface area (Å²) in [4.78, 5) is 0. The van der Waals surface area contributed by atoms with Gasteiger partial charge in [-0.1, -0.05) is 38.5 Å². The van der Waals surface area contributed by atoms with E-state index in [1.807, 2.05) is 0 Å². The Bertz CT molecular complexity index is 454. The molecule has 1 aromatic carbocycles. The average molecular weight is 296 g/mol. The number of ether oxygens (including phenoxy) is 2. The Labute approximate surface area is 126 Å². The number of hydrogen-bond donors (Lipinski definition) is 1. The molecule has 1 aromatic rings. The summed E-state index contributed by atoms with van der Waals surface area (Å²) in [5, 5.41) is 10.4. The van der Waals surface area contributed by atoms with Crippen molar-refractivity contribution in [3.05, 3.63) is 23.5 Å². The SMILES string of the molecule is COc1cc(F)c(C(O)CC2CCCCCC2)cc1OC. The van der Waals surface area contributed by atoms with Gasteiger partial charge in [0.2, 0.25) is 0 Å². The number of aliphatic hydroxyl groups excluding tert-OH is 1. The molecule has 0 aliphatic heterocycles. The molecule has 118 valence electrons. The smallest absolute Gasteiger partial charge is 0.163 e. The van der Waals surface area contributed by atoms with Gasteiger partial charge in [-0.15, -0.1) is 0 Å². The molecule has 2 rings (SSSR count). The number of halogens is 1. The van der Waals surface area contributed by atoms with E-state index in [4.69, 9.17) is 9.47 Å². The van der Waals surface area contributed by atoms with Crippen molar-refractivity contribution in [1.82, 2.24) is 0 Å². The van der Waals surface area contributed by atoms with Crippen LogP contribution in [0.25, 0.3) is 0 Å². The van der Waals surface area contributed by atoms with Gasteiger partial charge in [0.05, 0.1) is 20.3 Å². The fourth-order valence-electron chi connectivity index (χ4n) is 3.17. The number of aliphatic hydroxyl groups is 1. The van der Waals surface area contributed by atoms with Crippen molar-refractivity contribution >= 4 is 0 Å². The van der Waals surface area contributed by atoms with E-state index in [2.05, 4.69) is 0 Å². The van der Waals surface area contributed by atoms with Crippen LogP contribution in [0.3, 0.4) is 0 Å². The normalized spacial score (nSPS) is 18.1. The summed E-state index contributed by atoms with van der Waals surface area (Å²) < 4.78 is 24.4. The molecule has 0 radical (unpaired) electrons. The monoisotopic (exact) mass is 296 g/mol. The van der Waals surface area contributed by atoms with Crippen molar-refractivity contribution < 1.29 is 19.0 Å². The van der Waals surface area contributed by atoms with E-state index in [0.717, 1.165) is 12.8 Å². The first-order valence-electron chi connectivity index (χ1n) is 7.75. The van der Waals surface area contributed by atoms with Gasteiger partial charge in [-0.3, -0.25) is 0 Å². The number of methoxy groups -OCH3 is 2. The molecule has 1 aliphatic rings. The lowest BCUT2D eigenvalue weighted by Gasteiger charge is -2.20. The molecular weight excluding hydrogens is 271 g/mol. The zero-order valence-electron chi connectivity index (χ0n) is 12.9. The summed E-state index contributed by atoms with van der Waals surface area (Å²) in [5.41, 5.74) is 0.303. The maximum absolute atomic E-state index is 14.1. The van der Waals surface area contributed by atoms with Crippen LogP contribution in [0, 0.1) is 11.7 Å². The second kappa shape index (κ2) is 7.64. The number of rotatable bonds is 5. The van der Waals surface area contributed by atoms with Gasteiger partial charge in [0.1, 0.15) is 5.82 Å². The minimum Gasteiger partial charge on any atom is -0.493 e. The number of hydrogen-bond acceptors (Lipinski definition) is 3. The third-order valence-electron chi connectivity index (χ3n) is 4.39. The maximum Gasteiger partial charge on any atom is 0.163 e. The molecule has 0 saturated heterocycles. The van der Waals surface area contributed by atoms with Crippen molar-refractivity contribution in [1.29, 1.82) is 0 Å². The Morgan fingerprint density at radius 1 is 1.10 bits per heavy atom. The van der Waals surface area contributed by atoms with Crippen LogP contribution in [0.1, 0.15) is 56.6 Å². The zero-order valence-corrected chi connectivity index (χ0v) is 12.9. The fourth-order valence-corrected chi connectivity index (χ4v) is 3.17. The Morgan fingerprint density at radius 3 is 2.24 bits per heavy atom. The minimum absolute atomic E-state index is 0.303. The first-order valence-corrected chi connectivity index (χ1v) is 7.75. The van der Waals surface area contributed by atoms with E-state index >= 15 is 0 Å². The lowest BCUT2D eigenvalue weighted by molar-refractivity contribution is 0.134. The van der Waals surface area contributed by atoms with E-state index in [0.29, 0.717) is 29.4 Å². The fraction of sp³-hybridized carbons (Fsp3) is 0.647. The quantitative estimate of drug-likeness (QED) is 0.826. The van der Waals surface area contributed by atoms with Crippen LogP contribution in [0.5, 0.6) is 11.5 Å². The van der Waals surface area contributed by atoms with Crippen molar-refractivity contribution in [3.8, 4) is 11.5 Å². The van der Waals surface area contributed by atoms with Crippen LogP contribution in [0.4, 0.5) is 4.39 Å². The van der Waals surface area contributed by atoms with Crippen LogP contribution in [0.15, 0.2) is 12.1 Å².